The molecule has 0 aliphatic carbocycles. The molecule has 0 aliphatic heterocycles. The number of carbonyl (C=O) groups excluding carboxylic acids is 1. The Morgan fingerprint density at radius 1 is 0.971 bits per heavy atom. The summed E-state index contributed by atoms with van der Waals surface area (Å²) in [5.41, 5.74) is -3.74. The lowest BCUT2D eigenvalue weighted by Crippen LogP contribution is -2.08. The van der Waals surface area contributed by atoms with Crippen LogP contribution in [0, 0.1) is 20.2 Å². The second-order valence-corrected chi connectivity index (χ2v) is 8.14. The number of halogens is 5. The van der Waals surface area contributed by atoms with Crippen LogP contribution in [0.1, 0.15) is 21.5 Å². The van der Waals surface area contributed by atoms with Crippen molar-refractivity contribution in [3.05, 3.63) is 107 Å². The van der Waals surface area contributed by atoms with Gasteiger partial charge >= 0.3 is 17.6 Å². The minimum atomic E-state index is -5.08. The fraction of sp³-hybridized carbons (Fsp3) is 0.0455. The van der Waals surface area contributed by atoms with Gasteiger partial charge in [-0.05, 0) is 42.5 Å². The monoisotopic (exact) mass is 570 g/mol. The van der Waals surface area contributed by atoms with Crippen LogP contribution < -0.4 is 4.74 Å². The molecule has 180 valence electrons. The molecule has 0 radical (unpaired) electrons. The summed E-state index contributed by atoms with van der Waals surface area (Å²) in [5.74, 6) is -1.80. The van der Waals surface area contributed by atoms with E-state index in [9.17, 15) is 38.2 Å². The lowest BCUT2D eigenvalue weighted by Gasteiger charge is -2.13. The Morgan fingerprint density at radius 3 is 2.06 bits per heavy atom. The van der Waals surface area contributed by atoms with Crippen LogP contribution in [-0.2, 0) is 6.18 Å². The number of rotatable bonds is 7. The van der Waals surface area contributed by atoms with Gasteiger partial charge in [-0.3, -0.25) is 25.0 Å². The number of nitrogens with zero attached hydrogens (tertiary/aromatic N) is 2. The van der Waals surface area contributed by atoms with Crippen LogP contribution in [-0.4, -0.2) is 15.6 Å². The number of hydrogen-bond donors (Lipinski definition) is 0. The van der Waals surface area contributed by atoms with Crippen molar-refractivity contribution in [3.63, 3.8) is 0 Å². The summed E-state index contributed by atoms with van der Waals surface area (Å²) in [6, 6.07) is 10.8. The second-order valence-electron chi connectivity index (χ2n) is 6.82. The third-order valence-corrected chi connectivity index (χ3v) is 5.34. The van der Waals surface area contributed by atoms with Crippen molar-refractivity contribution in [1.29, 1.82) is 0 Å². The number of nitro benzene ring substituents is 2. The summed E-state index contributed by atoms with van der Waals surface area (Å²) in [6.07, 6.45) is -2.68. The first-order valence-electron chi connectivity index (χ1n) is 9.37. The van der Waals surface area contributed by atoms with Gasteiger partial charge in [0.25, 0.3) is 5.75 Å². The molecule has 0 fully saturated rings. The first kappa shape index (κ1) is 25.8. The molecule has 3 aromatic rings. The Labute approximate surface area is 208 Å². The number of ketones is 1. The normalized spacial score (nSPS) is 11.5. The van der Waals surface area contributed by atoms with E-state index in [1.54, 1.807) is 24.3 Å². The van der Waals surface area contributed by atoms with Crippen LogP contribution in [0.4, 0.5) is 24.5 Å². The van der Waals surface area contributed by atoms with Crippen LogP contribution in [0.3, 0.4) is 0 Å². The Hall–Kier alpha value is -3.77. The zero-order chi connectivity index (χ0) is 25.9. The molecule has 3 aromatic carbocycles. The van der Waals surface area contributed by atoms with Gasteiger partial charge < -0.3 is 4.74 Å². The van der Waals surface area contributed by atoms with Gasteiger partial charge in [0.1, 0.15) is 0 Å². The number of ether oxygens (including phenoxy) is 1. The fourth-order valence-electron chi connectivity index (χ4n) is 2.88. The zero-order valence-electron chi connectivity index (χ0n) is 17.1. The standard InChI is InChI=1S/C22H11BrClF3N2O6/c23-15-7-4-12(5-8-15)19(30)9-6-13-2-1-3-16(24)20(13)35-21-17(28(31)32)10-14(22(25,26)27)11-18(21)29(33)34/h1-11H/b9-6+. The van der Waals surface area contributed by atoms with Crippen molar-refractivity contribution in [3.8, 4) is 11.5 Å². The summed E-state index contributed by atoms with van der Waals surface area (Å²) in [4.78, 5) is 32.9. The Balaban J connectivity index is 2.09. The molecule has 0 bridgehead atoms. The molecular formula is C22H11BrClF3N2O6. The third-order valence-electron chi connectivity index (χ3n) is 4.52. The van der Waals surface area contributed by atoms with Crippen molar-refractivity contribution in [2.45, 2.75) is 6.18 Å². The Bertz CT molecular complexity index is 1330. The van der Waals surface area contributed by atoms with Crippen molar-refractivity contribution in [2.75, 3.05) is 0 Å². The lowest BCUT2D eigenvalue weighted by atomic mass is 10.1. The molecule has 0 atom stereocenters. The summed E-state index contributed by atoms with van der Waals surface area (Å²) >= 11 is 9.38. The second kappa shape index (κ2) is 10.2. The largest absolute Gasteiger partial charge is 0.442 e. The topological polar surface area (TPSA) is 113 Å². The first-order chi connectivity index (χ1) is 16.4. The molecule has 0 aromatic heterocycles. The quantitative estimate of drug-likeness (QED) is 0.125. The zero-order valence-corrected chi connectivity index (χ0v) is 19.4. The van der Waals surface area contributed by atoms with Crippen LogP contribution in [0.25, 0.3) is 6.08 Å². The summed E-state index contributed by atoms with van der Waals surface area (Å²) in [6.45, 7) is 0. The number of benzene rings is 3. The Morgan fingerprint density at radius 2 is 1.54 bits per heavy atom. The van der Waals surface area contributed by atoms with Crippen molar-refractivity contribution in [1.82, 2.24) is 0 Å². The molecule has 13 heteroatoms. The number of alkyl halides is 3. The number of allylic oxidation sites excluding steroid dienone is 1. The number of hydrogen-bond acceptors (Lipinski definition) is 6. The molecule has 35 heavy (non-hydrogen) atoms. The molecular weight excluding hydrogens is 561 g/mol. The molecule has 3 rings (SSSR count). The van der Waals surface area contributed by atoms with E-state index in [1.165, 1.54) is 24.3 Å². The number of nitro groups is 2. The molecule has 0 saturated heterocycles. The highest BCUT2D eigenvalue weighted by molar-refractivity contribution is 9.10. The first-order valence-corrected chi connectivity index (χ1v) is 10.5. The molecule has 0 N–H and O–H groups in total. The van der Waals surface area contributed by atoms with Crippen molar-refractivity contribution in [2.24, 2.45) is 0 Å². The van der Waals surface area contributed by atoms with Crippen LogP contribution in [0.5, 0.6) is 11.5 Å². The highest BCUT2D eigenvalue weighted by Gasteiger charge is 2.39. The SMILES string of the molecule is O=C(/C=C/c1cccc(Cl)c1Oc1c([N+](=O)[O-])cc(C(F)(F)F)cc1[N+](=O)[O-])c1ccc(Br)cc1. The van der Waals surface area contributed by atoms with Gasteiger partial charge in [0, 0.05) is 27.7 Å². The van der Waals surface area contributed by atoms with E-state index in [2.05, 4.69) is 15.9 Å². The molecule has 0 heterocycles. The fourth-order valence-corrected chi connectivity index (χ4v) is 3.37. The molecule has 0 unspecified atom stereocenters. The van der Waals surface area contributed by atoms with E-state index in [4.69, 9.17) is 16.3 Å². The van der Waals surface area contributed by atoms with E-state index >= 15 is 0 Å². The van der Waals surface area contributed by atoms with E-state index in [0.717, 1.165) is 10.5 Å². The lowest BCUT2D eigenvalue weighted by molar-refractivity contribution is -0.396. The van der Waals surface area contributed by atoms with Crippen molar-refractivity contribution >= 4 is 50.8 Å². The van der Waals surface area contributed by atoms with E-state index in [-0.39, 0.29) is 28.5 Å². The van der Waals surface area contributed by atoms with E-state index in [1.807, 2.05) is 0 Å². The molecule has 0 amide bonds. The number of para-hydroxylation sites is 1. The maximum Gasteiger partial charge on any atom is 0.416 e. The van der Waals surface area contributed by atoms with Gasteiger partial charge in [0.05, 0.1) is 20.4 Å². The predicted octanol–water partition coefficient (Wildman–Crippen LogP) is 7.63. The van der Waals surface area contributed by atoms with Crippen molar-refractivity contribution < 1.29 is 32.5 Å². The molecule has 8 nitrogen and oxygen atoms in total. The summed E-state index contributed by atoms with van der Waals surface area (Å²) in [5, 5.41) is 22.8. The molecule has 0 aliphatic rings. The van der Waals surface area contributed by atoms with Gasteiger partial charge in [-0.1, -0.05) is 39.7 Å². The number of carbonyl (C=O) groups is 1. The average molecular weight is 572 g/mol. The average Bonchev–Trinajstić information content (AvgIpc) is 2.78. The smallest absolute Gasteiger partial charge is 0.416 e. The highest BCUT2D eigenvalue weighted by atomic mass is 79.9. The van der Waals surface area contributed by atoms with Crippen LogP contribution in [0.15, 0.2) is 65.1 Å². The predicted molar refractivity (Wildman–Crippen MR) is 124 cm³/mol. The van der Waals surface area contributed by atoms with Crippen LogP contribution >= 0.6 is 27.5 Å². The van der Waals surface area contributed by atoms with E-state index in [0.29, 0.717) is 5.56 Å². The van der Waals surface area contributed by atoms with E-state index < -0.39 is 44.5 Å². The van der Waals surface area contributed by atoms with Gasteiger partial charge in [-0.25, -0.2) is 0 Å². The Kier molecular flexibility index (Phi) is 7.56. The van der Waals surface area contributed by atoms with Gasteiger partial charge in [0.2, 0.25) is 0 Å². The minimum Gasteiger partial charge on any atom is -0.442 e. The molecule has 0 saturated carbocycles. The minimum absolute atomic E-state index is 0.0893. The van der Waals surface area contributed by atoms with Crippen LogP contribution in [0.2, 0.25) is 5.02 Å². The maximum absolute atomic E-state index is 13.1. The molecule has 0 spiro atoms. The summed E-state index contributed by atoms with van der Waals surface area (Å²) in [7, 11) is 0. The highest BCUT2D eigenvalue weighted by Crippen LogP contribution is 2.46. The van der Waals surface area contributed by atoms with Gasteiger partial charge in [-0.15, -0.1) is 0 Å². The maximum atomic E-state index is 13.1. The third kappa shape index (κ3) is 6.03. The summed E-state index contributed by atoms with van der Waals surface area (Å²) < 4.78 is 45.6. The van der Waals surface area contributed by atoms with Gasteiger partial charge in [0.15, 0.2) is 11.5 Å². The van der Waals surface area contributed by atoms with Gasteiger partial charge in [-0.2, -0.15) is 13.2 Å².